The first-order valence-electron chi connectivity index (χ1n) is 6.70. The largest absolute Gasteiger partial charge is 0.310 e. The van der Waals surface area contributed by atoms with Gasteiger partial charge in [-0.2, -0.15) is 0 Å². The average molecular weight is 299 g/mol. The van der Waals surface area contributed by atoms with Crippen LogP contribution in [0.3, 0.4) is 0 Å². The van der Waals surface area contributed by atoms with Crippen molar-refractivity contribution < 1.29 is 13.2 Å². The van der Waals surface area contributed by atoms with Crippen LogP contribution in [0.1, 0.15) is 0 Å². The first kappa shape index (κ1) is 14.2. The first-order chi connectivity index (χ1) is 10.6. The van der Waals surface area contributed by atoms with E-state index < -0.39 is 0 Å². The van der Waals surface area contributed by atoms with Gasteiger partial charge < -0.3 is 4.90 Å². The summed E-state index contributed by atoms with van der Waals surface area (Å²) in [4.78, 5) is 1.79. The van der Waals surface area contributed by atoms with Crippen LogP contribution in [-0.4, -0.2) is 0 Å². The molecule has 0 fully saturated rings. The topological polar surface area (TPSA) is 3.24 Å². The molecule has 0 saturated heterocycles. The van der Waals surface area contributed by atoms with Crippen LogP contribution in [0.25, 0.3) is 0 Å². The van der Waals surface area contributed by atoms with Gasteiger partial charge in [-0.15, -0.1) is 0 Å². The van der Waals surface area contributed by atoms with E-state index in [0.717, 1.165) is 0 Å². The van der Waals surface area contributed by atoms with Crippen LogP contribution in [0, 0.1) is 17.5 Å². The minimum atomic E-state index is -0.345. The van der Waals surface area contributed by atoms with Crippen molar-refractivity contribution in [2.45, 2.75) is 0 Å². The summed E-state index contributed by atoms with van der Waals surface area (Å²) in [5.74, 6) is -1.04. The van der Waals surface area contributed by atoms with Gasteiger partial charge in [0, 0.05) is 17.1 Å². The van der Waals surface area contributed by atoms with Gasteiger partial charge in [0.15, 0.2) is 0 Å². The van der Waals surface area contributed by atoms with Gasteiger partial charge in [0.05, 0.1) is 0 Å². The van der Waals surface area contributed by atoms with Gasteiger partial charge >= 0.3 is 0 Å². The van der Waals surface area contributed by atoms with Crippen molar-refractivity contribution in [2.24, 2.45) is 0 Å². The zero-order chi connectivity index (χ0) is 15.5. The molecule has 0 aliphatic rings. The van der Waals surface area contributed by atoms with Gasteiger partial charge in [0.25, 0.3) is 0 Å². The smallest absolute Gasteiger partial charge is 0.123 e. The fourth-order valence-electron chi connectivity index (χ4n) is 2.22. The maximum atomic E-state index is 13.1. The van der Waals surface area contributed by atoms with Gasteiger partial charge in [-0.25, -0.2) is 13.2 Å². The number of hydrogen-bond donors (Lipinski definition) is 0. The zero-order valence-corrected chi connectivity index (χ0v) is 11.5. The van der Waals surface area contributed by atoms with Crippen LogP contribution < -0.4 is 4.90 Å². The number of benzene rings is 3. The Labute approximate surface area is 126 Å². The second-order valence-electron chi connectivity index (χ2n) is 4.76. The molecular weight excluding hydrogens is 287 g/mol. The third-order valence-electron chi connectivity index (χ3n) is 3.25. The molecule has 0 aromatic heterocycles. The summed E-state index contributed by atoms with van der Waals surface area (Å²) >= 11 is 0. The van der Waals surface area contributed by atoms with Crippen molar-refractivity contribution in [1.29, 1.82) is 0 Å². The number of nitrogens with zero attached hydrogens (tertiary/aromatic N) is 1. The molecule has 4 heteroatoms. The highest BCUT2D eigenvalue weighted by Crippen LogP contribution is 2.34. The number of halogens is 3. The number of anilines is 3. The molecule has 0 amide bonds. The van der Waals surface area contributed by atoms with E-state index in [4.69, 9.17) is 0 Å². The molecule has 0 atom stereocenters. The van der Waals surface area contributed by atoms with Crippen molar-refractivity contribution in [1.82, 2.24) is 0 Å². The average Bonchev–Trinajstić information content (AvgIpc) is 2.53. The minimum absolute atomic E-state index is 0.345. The highest BCUT2D eigenvalue weighted by molar-refractivity contribution is 5.76. The Balaban J connectivity index is 2.10. The molecule has 0 aliphatic heterocycles. The van der Waals surface area contributed by atoms with Crippen molar-refractivity contribution in [3.63, 3.8) is 0 Å². The normalized spacial score (nSPS) is 10.5. The minimum Gasteiger partial charge on any atom is -0.310 e. The summed E-state index contributed by atoms with van der Waals surface area (Å²) in [7, 11) is 0. The molecule has 0 aliphatic carbocycles. The van der Waals surface area contributed by atoms with Crippen molar-refractivity contribution in [3.8, 4) is 0 Å². The molecule has 1 nitrogen and oxygen atoms in total. The van der Waals surface area contributed by atoms with Crippen molar-refractivity contribution >= 4 is 17.1 Å². The molecule has 110 valence electrons. The molecule has 0 saturated carbocycles. The molecule has 0 radical (unpaired) electrons. The summed E-state index contributed by atoms with van der Waals surface area (Å²) in [5, 5.41) is 0. The summed E-state index contributed by atoms with van der Waals surface area (Å²) in [6.07, 6.45) is 0. The molecule has 0 spiro atoms. The van der Waals surface area contributed by atoms with Crippen LogP contribution in [0.4, 0.5) is 30.2 Å². The standard InChI is InChI=1S/C18H12F3N/c19-13-1-7-16(8-2-13)22(17-9-3-14(20)4-10-17)18-11-5-15(21)6-12-18/h1-12H. The SMILES string of the molecule is Fc1ccc(N(c2ccc(F)cc2)c2ccc(F)cc2)cc1. The number of hydrogen-bond acceptors (Lipinski definition) is 1. The molecule has 3 rings (SSSR count). The maximum absolute atomic E-state index is 13.1. The molecule has 22 heavy (non-hydrogen) atoms. The maximum Gasteiger partial charge on any atom is 0.123 e. The zero-order valence-electron chi connectivity index (χ0n) is 11.5. The fourth-order valence-corrected chi connectivity index (χ4v) is 2.22. The summed E-state index contributed by atoms with van der Waals surface area (Å²) in [6.45, 7) is 0. The molecule has 0 unspecified atom stereocenters. The summed E-state index contributed by atoms with van der Waals surface area (Å²) < 4.78 is 39.4. The Kier molecular flexibility index (Phi) is 3.83. The van der Waals surface area contributed by atoms with Gasteiger partial charge in [0.2, 0.25) is 0 Å². The predicted octanol–water partition coefficient (Wildman–Crippen LogP) is 5.57. The summed E-state index contributed by atoms with van der Waals surface area (Å²) in [5.41, 5.74) is 2.08. The van der Waals surface area contributed by atoms with Crippen molar-refractivity contribution in [3.05, 3.63) is 90.2 Å². The monoisotopic (exact) mass is 299 g/mol. The number of rotatable bonds is 3. The third-order valence-corrected chi connectivity index (χ3v) is 3.25. The lowest BCUT2D eigenvalue weighted by atomic mass is 10.2. The molecule has 3 aromatic rings. The van der Waals surface area contributed by atoms with Gasteiger partial charge in [-0.05, 0) is 72.8 Å². The van der Waals surface area contributed by atoms with Gasteiger partial charge in [-0.3, -0.25) is 0 Å². The fraction of sp³-hybridized carbons (Fsp3) is 0. The molecule has 3 aromatic carbocycles. The Hall–Kier alpha value is -2.75. The Morgan fingerprint density at radius 3 is 0.864 bits per heavy atom. The van der Waals surface area contributed by atoms with E-state index in [1.54, 1.807) is 41.3 Å². The van der Waals surface area contributed by atoms with Gasteiger partial charge in [-0.1, -0.05) is 0 Å². The van der Waals surface area contributed by atoms with Crippen molar-refractivity contribution in [2.75, 3.05) is 4.90 Å². The quantitative estimate of drug-likeness (QED) is 0.610. The molecular formula is C18H12F3N. The second kappa shape index (κ2) is 5.93. The van der Waals surface area contributed by atoms with Gasteiger partial charge in [0.1, 0.15) is 17.5 Å². The lowest BCUT2D eigenvalue weighted by molar-refractivity contribution is 0.628. The van der Waals surface area contributed by atoms with Crippen LogP contribution in [-0.2, 0) is 0 Å². The highest BCUT2D eigenvalue weighted by Gasteiger charge is 2.12. The van der Waals surface area contributed by atoms with Crippen LogP contribution in [0.5, 0.6) is 0 Å². The lowest BCUT2D eigenvalue weighted by Gasteiger charge is -2.25. The highest BCUT2D eigenvalue weighted by atomic mass is 19.1. The van der Waals surface area contributed by atoms with Crippen LogP contribution in [0.2, 0.25) is 0 Å². The molecule has 0 bridgehead atoms. The van der Waals surface area contributed by atoms with E-state index in [-0.39, 0.29) is 17.5 Å². The van der Waals surface area contributed by atoms with E-state index in [0.29, 0.717) is 17.1 Å². The first-order valence-corrected chi connectivity index (χ1v) is 6.70. The van der Waals surface area contributed by atoms with E-state index >= 15 is 0 Å². The Morgan fingerprint density at radius 1 is 0.409 bits per heavy atom. The van der Waals surface area contributed by atoms with E-state index in [9.17, 15) is 13.2 Å². The predicted molar refractivity (Wildman–Crippen MR) is 81.0 cm³/mol. The molecule has 0 heterocycles. The van der Waals surface area contributed by atoms with E-state index in [2.05, 4.69) is 0 Å². The Morgan fingerprint density at radius 2 is 0.636 bits per heavy atom. The van der Waals surface area contributed by atoms with Crippen LogP contribution >= 0.6 is 0 Å². The molecule has 0 N–H and O–H groups in total. The Bertz CT molecular complexity index is 642. The van der Waals surface area contributed by atoms with E-state index in [1.165, 1.54) is 36.4 Å². The third kappa shape index (κ3) is 2.96. The van der Waals surface area contributed by atoms with Crippen LogP contribution in [0.15, 0.2) is 72.8 Å². The van der Waals surface area contributed by atoms with E-state index in [1.807, 2.05) is 0 Å². The summed E-state index contributed by atoms with van der Waals surface area (Å²) in [6, 6.07) is 17.7. The lowest BCUT2D eigenvalue weighted by Crippen LogP contribution is -2.09. The second-order valence-corrected chi connectivity index (χ2v) is 4.76.